The monoisotopic (exact) mass is 852 g/mol. The van der Waals surface area contributed by atoms with Gasteiger partial charge in [-0.15, -0.1) is 0 Å². The molecular weight excluding hydrogens is 797 g/mol. The summed E-state index contributed by atoms with van der Waals surface area (Å²) in [5.41, 5.74) is 0.983. The Bertz CT molecular complexity index is 2520. The highest BCUT2D eigenvalue weighted by Gasteiger charge is 2.62. The van der Waals surface area contributed by atoms with Crippen molar-refractivity contribution in [2.45, 2.75) is 134 Å². The molecule has 14 nitrogen and oxygen atoms in total. The summed E-state index contributed by atoms with van der Waals surface area (Å²) in [7, 11) is -3.91. The molecule has 4 aromatic rings. The third-order valence-electron chi connectivity index (χ3n) is 12.3. The molecule has 15 heteroatoms. The van der Waals surface area contributed by atoms with Crippen LogP contribution in [0.4, 0.5) is 0 Å². The van der Waals surface area contributed by atoms with Gasteiger partial charge in [-0.05, 0) is 61.6 Å². The molecule has 3 N–H and O–H groups in total. The van der Waals surface area contributed by atoms with Gasteiger partial charge in [0, 0.05) is 28.7 Å². The second kappa shape index (κ2) is 15.9. The van der Waals surface area contributed by atoms with Crippen LogP contribution in [-0.4, -0.2) is 82.4 Å². The Hall–Kier alpha value is -5.31. The lowest BCUT2D eigenvalue weighted by molar-refractivity contribution is -0.143. The lowest BCUT2D eigenvalue weighted by Gasteiger charge is -2.31. The Morgan fingerprint density at radius 2 is 1.69 bits per heavy atom. The maximum Gasteiger partial charge on any atom is 0.262 e. The van der Waals surface area contributed by atoms with Crippen LogP contribution in [-0.2, 0) is 34.6 Å². The van der Waals surface area contributed by atoms with Crippen LogP contribution < -0.4 is 20.1 Å². The van der Waals surface area contributed by atoms with E-state index in [1.807, 2.05) is 60.7 Å². The molecule has 2 aromatic heterocycles. The molecule has 2 aromatic carbocycles. The summed E-state index contributed by atoms with van der Waals surface area (Å²) in [6.45, 7) is 11.7. The molecule has 5 atom stereocenters. The van der Waals surface area contributed by atoms with E-state index in [0.29, 0.717) is 54.6 Å². The molecule has 324 valence electrons. The molecule has 3 fully saturated rings. The number of allylic oxidation sites excluding steroid dienone is 1. The first-order valence-corrected chi connectivity index (χ1v) is 23.0. The summed E-state index contributed by atoms with van der Waals surface area (Å²) in [5.74, 6) is -2.06. The van der Waals surface area contributed by atoms with E-state index in [1.54, 1.807) is 20.8 Å². The zero-order chi connectivity index (χ0) is 43.5. The minimum atomic E-state index is -3.91. The van der Waals surface area contributed by atoms with E-state index in [2.05, 4.69) is 36.1 Å². The lowest BCUT2D eigenvalue weighted by Crippen LogP contribution is -2.58. The second-order valence-electron chi connectivity index (χ2n) is 19.2. The second-order valence-corrected chi connectivity index (χ2v) is 21.2. The van der Waals surface area contributed by atoms with Crippen molar-refractivity contribution >= 4 is 55.7 Å². The van der Waals surface area contributed by atoms with Gasteiger partial charge in [0.15, 0.2) is 5.82 Å². The third kappa shape index (κ3) is 8.76. The fourth-order valence-corrected chi connectivity index (χ4v) is 9.64. The molecule has 0 unspecified atom stereocenters. The van der Waals surface area contributed by atoms with Gasteiger partial charge in [0.1, 0.15) is 34.8 Å². The van der Waals surface area contributed by atoms with Gasteiger partial charge >= 0.3 is 0 Å². The Balaban J connectivity index is 1.15. The van der Waals surface area contributed by atoms with E-state index in [0.717, 1.165) is 29.4 Å². The number of ether oxygens (including phenoxy) is 1. The minimum absolute atomic E-state index is 0.0113. The van der Waals surface area contributed by atoms with Gasteiger partial charge in [0.05, 0.1) is 11.8 Å². The van der Waals surface area contributed by atoms with Crippen molar-refractivity contribution in [2.75, 3.05) is 6.54 Å². The van der Waals surface area contributed by atoms with Crippen LogP contribution in [0.1, 0.15) is 105 Å². The van der Waals surface area contributed by atoms with Crippen molar-refractivity contribution in [3.63, 3.8) is 0 Å². The molecule has 0 bridgehead atoms. The first kappa shape index (κ1) is 42.4. The Labute approximate surface area is 356 Å². The number of aromatic nitrogens is 2. The van der Waals surface area contributed by atoms with E-state index < -0.39 is 68.1 Å². The fraction of sp³-hybridized carbons (Fsp3) is 0.522. The van der Waals surface area contributed by atoms with Crippen molar-refractivity contribution in [3.8, 4) is 17.3 Å². The van der Waals surface area contributed by atoms with E-state index in [1.165, 1.54) is 4.90 Å². The highest BCUT2D eigenvalue weighted by atomic mass is 32.2. The van der Waals surface area contributed by atoms with Gasteiger partial charge in [-0.3, -0.25) is 23.9 Å². The number of fused-ring (bicyclic) bond motifs is 5. The molecule has 8 rings (SSSR count). The first-order chi connectivity index (χ1) is 28.8. The number of para-hydroxylation sites is 1. The van der Waals surface area contributed by atoms with Crippen LogP contribution in [0.2, 0.25) is 0 Å². The normalized spacial score (nSPS) is 25.8. The van der Waals surface area contributed by atoms with Crippen LogP contribution in [0.5, 0.6) is 5.88 Å². The molecule has 2 aliphatic carbocycles. The quantitative estimate of drug-likeness (QED) is 0.180. The van der Waals surface area contributed by atoms with Crippen LogP contribution in [0.25, 0.3) is 33.5 Å². The van der Waals surface area contributed by atoms with Gasteiger partial charge in [-0.1, -0.05) is 103 Å². The maximum absolute atomic E-state index is 14.8. The van der Waals surface area contributed by atoms with Crippen molar-refractivity contribution < 1.29 is 36.7 Å². The number of benzene rings is 2. The third-order valence-corrected chi connectivity index (χ3v) is 14.1. The topological polar surface area (TPSA) is 190 Å². The molecule has 2 saturated carbocycles. The van der Waals surface area contributed by atoms with Crippen LogP contribution in [0.3, 0.4) is 0 Å². The van der Waals surface area contributed by atoms with Gasteiger partial charge < -0.3 is 24.7 Å². The average Bonchev–Trinajstić information content (AvgIpc) is 4.10. The SMILES string of the molecule is CC(C)(C)C(=O)N[C@H]1CCCCC/C=C\[C@@H]2C[C@@]2(C(=O)NS(=O)(=O)C2CC2)NC(=O)[C@@H]2C[C@@H](Oc3nc(-c4ccc(C(C)(C)C)cc4)nc4c3oc3ccccc34)CN2C1=O. The number of rotatable bonds is 7. The van der Waals surface area contributed by atoms with Crippen molar-refractivity contribution in [3.05, 3.63) is 66.2 Å². The van der Waals surface area contributed by atoms with Crippen molar-refractivity contribution in [1.82, 2.24) is 30.2 Å². The lowest BCUT2D eigenvalue weighted by atomic mass is 9.87. The number of nitrogens with one attached hydrogen (secondary N) is 3. The number of sulfonamides is 1. The van der Waals surface area contributed by atoms with Crippen molar-refractivity contribution in [1.29, 1.82) is 0 Å². The Morgan fingerprint density at radius 1 is 0.951 bits per heavy atom. The zero-order valence-electron chi connectivity index (χ0n) is 35.7. The largest absolute Gasteiger partial charge is 0.470 e. The number of carbonyl (C=O) groups is 4. The number of furan rings is 1. The Kier molecular flexibility index (Phi) is 11.0. The van der Waals surface area contributed by atoms with Gasteiger partial charge in [-0.2, -0.15) is 4.98 Å². The van der Waals surface area contributed by atoms with Crippen LogP contribution in [0, 0.1) is 11.3 Å². The molecule has 4 aliphatic rings. The number of nitrogens with zero attached hydrogens (tertiary/aromatic N) is 3. The van der Waals surface area contributed by atoms with E-state index >= 15 is 0 Å². The molecule has 2 aliphatic heterocycles. The van der Waals surface area contributed by atoms with E-state index in [4.69, 9.17) is 19.1 Å². The molecular formula is C46H56N6O8S. The predicted octanol–water partition coefficient (Wildman–Crippen LogP) is 6.22. The summed E-state index contributed by atoms with van der Waals surface area (Å²) < 4.78 is 41.2. The summed E-state index contributed by atoms with van der Waals surface area (Å²) in [4.78, 5) is 67.9. The molecule has 4 heterocycles. The highest BCUT2D eigenvalue weighted by molar-refractivity contribution is 7.91. The molecule has 0 radical (unpaired) electrons. The highest BCUT2D eigenvalue weighted by Crippen LogP contribution is 2.46. The maximum atomic E-state index is 14.8. The number of hydrogen-bond donors (Lipinski definition) is 3. The fourth-order valence-electron chi connectivity index (χ4n) is 8.27. The molecule has 4 amide bonds. The standard InChI is InChI=1S/C46H56N6O8S/c1-44(2,3)28-20-18-27(19-21-28)38-48-36-32-15-12-13-17-35(32)60-37(36)40(49-38)59-30-24-34-39(53)50-46(43(56)51-61(57,58)31-22-23-31)25-29(46)14-10-8-7-9-11-16-33(41(54)52(34)26-30)47-42(55)45(4,5)6/h10,12-15,17-21,29-31,33-34H,7-9,11,16,22-26H2,1-6H3,(H,47,55)(H,50,53)(H,51,56)/b14-10-/t29-,30-,33+,34+,46-/m1/s1. The van der Waals surface area contributed by atoms with Gasteiger partial charge in [0.2, 0.25) is 33.3 Å². The molecule has 1 saturated heterocycles. The Morgan fingerprint density at radius 3 is 2.39 bits per heavy atom. The van der Waals surface area contributed by atoms with E-state index in [-0.39, 0.29) is 36.6 Å². The zero-order valence-corrected chi connectivity index (χ0v) is 36.6. The number of carbonyl (C=O) groups excluding carboxylic acids is 4. The summed E-state index contributed by atoms with van der Waals surface area (Å²) in [6.07, 6.45) is 7.51. The minimum Gasteiger partial charge on any atom is -0.470 e. The molecule has 61 heavy (non-hydrogen) atoms. The van der Waals surface area contributed by atoms with Crippen molar-refractivity contribution in [2.24, 2.45) is 11.3 Å². The smallest absolute Gasteiger partial charge is 0.262 e. The van der Waals surface area contributed by atoms with Crippen LogP contribution >= 0.6 is 0 Å². The number of hydrogen-bond acceptors (Lipinski definition) is 10. The van der Waals surface area contributed by atoms with Gasteiger partial charge in [0.25, 0.3) is 11.8 Å². The van der Waals surface area contributed by atoms with E-state index in [9.17, 15) is 27.6 Å². The first-order valence-electron chi connectivity index (χ1n) is 21.5. The molecule has 0 spiro atoms. The average molecular weight is 853 g/mol. The summed E-state index contributed by atoms with van der Waals surface area (Å²) in [6, 6.07) is 13.5. The van der Waals surface area contributed by atoms with Gasteiger partial charge in [-0.25, -0.2) is 13.4 Å². The summed E-state index contributed by atoms with van der Waals surface area (Å²) in [5, 5.41) is 6.02. The summed E-state index contributed by atoms with van der Waals surface area (Å²) >= 11 is 0. The number of amides is 4. The predicted molar refractivity (Wildman–Crippen MR) is 231 cm³/mol. The van der Waals surface area contributed by atoms with Crippen LogP contribution in [0.15, 0.2) is 65.1 Å².